The summed E-state index contributed by atoms with van der Waals surface area (Å²) in [4.78, 5) is 24.6. The maximum absolute atomic E-state index is 11.5. The van der Waals surface area contributed by atoms with E-state index in [1.165, 1.54) is 7.11 Å². The molecule has 2 aliphatic rings. The van der Waals surface area contributed by atoms with Gasteiger partial charge in [-0.15, -0.1) is 0 Å². The Labute approximate surface area is 118 Å². The summed E-state index contributed by atoms with van der Waals surface area (Å²) in [6, 6.07) is 0.321. The van der Waals surface area contributed by atoms with Crippen LogP contribution in [0.2, 0.25) is 0 Å². The summed E-state index contributed by atoms with van der Waals surface area (Å²) in [5, 5.41) is 6.58. The van der Waals surface area contributed by atoms with Gasteiger partial charge in [0.25, 0.3) is 0 Å². The molecule has 0 aliphatic carbocycles. The predicted octanol–water partition coefficient (Wildman–Crippen LogP) is 0.131. The number of dihydropyridines is 1. The number of nitrogens with zero attached hydrogens (tertiary/aromatic N) is 1. The highest BCUT2D eigenvalue weighted by molar-refractivity contribution is 5.91. The SMILES string of the molecule is COC(=O)C1=CCNC(NC2CCN(C(C)=O)CC2)=C1. The summed E-state index contributed by atoms with van der Waals surface area (Å²) >= 11 is 0. The van der Waals surface area contributed by atoms with Crippen LogP contribution in [-0.2, 0) is 14.3 Å². The van der Waals surface area contributed by atoms with Crippen LogP contribution in [0.1, 0.15) is 19.8 Å². The van der Waals surface area contributed by atoms with Crippen LogP contribution in [0.15, 0.2) is 23.5 Å². The van der Waals surface area contributed by atoms with Crippen molar-refractivity contribution in [2.45, 2.75) is 25.8 Å². The monoisotopic (exact) mass is 279 g/mol. The number of likely N-dealkylation sites (tertiary alicyclic amines) is 1. The number of carbonyl (C=O) groups is 2. The smallest absolute Gasteiger partial charge is 0.337 e. The summed E-state index contributed by atoms with van der Waals surface area (Å²) in [6.07, 6.45) is 5.40. The standard InChI is InChI=1S/C14H21N3O3/c1-10(18)17-7-4-12(5-8-17)16-13-9-11(3-6-15-13)14(19)20-2/h3,9,12,15-16H,4-8H2,1-2H3. The number of hydrogen-bond donors (Lipinski definition) is 2. The van der Waals surface area contributed by atoms with Gasteiger partial charge in [0.1, 0.15) is 0 Å². The number of hydrogen-bond acceptors (Lipinski definition) is 5. The average Bonchev–Trinajstić information content (AvgIpc) is 2.47. The zero-order chi connectivity index (χ0) is 14.5. The molecule has 2 rings (SSSR count). The van der Waals surface area contributed by atoms with Crippen molar-refractivity contribution in [3.05, 3.63) is 23.5 Å². The summed E-state index contributed by atoms with van der Waals surface area (Å²) in [6.45, 7) is 3.77. The average molecular weight is 279 g/mol. The highest BCUT2D eigenvalue weighted by atomic mass is 16.5. The third-order valence-corrected chi connectivity index (χ3v) is 3.64. The lowest BCUT2D eigenvalue weighted by Crippen LogP contribution is -2.46. The van der Waals surface area contributed by atoms with E-state index in [1.54, 1.807) is 19.1 Å². The van der Waals surface area contributed by atoms with Crippen LogP contribution in [0.5, 0.6) is 0 Å². The molecule has 1 amide bonds. The Morgan fingerprint density at radius 1 is 1.40 bits per heavy atom. The molecule has 2 N–H and O–H groups in total. The fraction of sp³-hybridized carbons (Fsp3) is 0.571. The van der Waals surface area contributed by atoms with Crippen LogP contribution in [0.25, 0.3) is 0 Å². The summed E-state index contributed by atoms with van der Waals surface area (Å²) in [5.41, 5.74) is 0.565. The molecule has 6 nitrogen and oxygen atoms in total. The first-order valence-electron chi connectivity index (χ1n) is 6.86. The number of piperidine rings is 1. The van der Waals surface area contributed by atoms with Crippen molar-refractivity contribution < 1.29 is 14.3 Å². The third-order valence-electron chi connectivity index (χ3n) is 3.64. The van der Waals surface area contributed by atoms with Gasteiger partial charge in [0.05, 0.1) is 18.5 Å². The van der Waals surface area contributed by atoms with Crippen molar-refractivity contribution in [2.24, 2.45) is 0 Å². The van der Waals surface area contributed by atoms with Crippen molar-refractivity contribution in [1.29, 1.82) is 0 Å². The predicted molar refractivity (Wildman–Crippen MR) is 74.6 cm³/mol. The van der Waals surface area contributed by atoms with Crippen LogP contribution >= 0.6 is 0 Å². The molecule has 0 saturated carbocycles. The maximum atomic E-state index is 11.5. The van der Waals surface area contributed by atoms with E-state index in [-0.39, 0.29) is 11.9 Å². The van der Waals surface area contributed by atoms with Gasteiger partial charge in [-0.3, -0.25) is 4.79 Å². The van der Waals surface area contributed by atoms with Gasteiger partial charge >= 0.3 is 5.97 Å². The molecule has 0 radical (unpaired) electrons. The lowest BCUT2D eigenvalue weighted by atomic mass is 10.0. The van der Waals surface area contributed by atoms with Gasteiger partial charge in [-0.05, 0) is 18.9 Å². The van der Waals surface area contributed by atoms with Crippen molar-refractivity contribution in [3.63, 3.8) is 0 Å². The molecular formula is C14H21N3O3. The zero-order valence-electron chi connectivity index (χ0n) is 11.9. The highest BCUT2D eigenvalue weighted by Gasteiger charge is 2.22. The summed E-state index contributed by atoms with van der Waals surface area (Å²) in [5.74, 6) is 0.653. The molecule has 1 saturated heterocycles. The molecule has 20 heavy (non-hydrogen) atoms. The zero-order valence-corrected chi connectivity index (χ0v) is 11.9. The van der Waals surface area contributed by atoms with E-state index in [0.29, 0.717) is 18.2 Å². The Bertz CT molecular complexity index is 449. The molecule has 0 aromatic carbocycles. The second-order valence-corrected chi connectivity index (χ2v) is 5.01. The fourth-order valence-electron chi connectivity index (χ4n) is 2.45. The molecule has 1 fully saturated rings. The van der Waals surface area contributed by atoms with E-state index in [9.17, 15) is 9.59 Å². The molecule has 0 unspecified atom stereocenters. The van der Waals surface area contributed by atoms with Crippen LogP contribution in [0.4, 0.5) is 0 Å². The van der Waals surface area contributed by atoms with Gasteiger partial charge in [-0.25, -0.2) is 4.79 Å². The first-order valence-corrected chi connectivity index (χ1v) is 6.86. The number of rotatable bonds is 3. The maximum Gasteiger partial charge on any atom is 0.337 e. The molecule has 0 aromatic heterocycles. The normalized spacial score (nSPS) is 19.6. The minimum absolute atomic E-state index is 0.134. The lowest BCUT2D eigenvalue weighted by Gasteiger charge is -2.33. The minimum Gasteiger partial charge on any atom is -0.465 e. The molecular weight excluding hydrogens is 258 g/mol. The summed E-state index contributed by atoms with van der Waals surface area (Å²) < 4.78 is 4.72. The van der Waals surface area contributed by atoms with E-state index in [2.05, 4.69) is 10.6 Å². The highest BCUT2D eigenvalue weighted by Crippen LogP contribution is 2.13. The fourth-order valence-corrected chi connectivity index (χ4v) is 2.45. The van der Waals surface area contributed by atoms with E-state index in [4.69, 9.17) is 4.74 Å². The van der Waals surface area contributed by atoms with Gasteiger partial charge in [0, 0.05) is 32.6 Å². The van der Waals surface area contributed by atoms with E-state index in [0.717, 1.165) is 31.8 Å². The molecule has 6 heteroatoms. The largest absolute Gasteiger partial charge is 0.465 e. The number of esters is 1. The van der Waals surface area contributed by atoms with Crippen molar-refractivity contribution in [2.75, 3.05) is 26.7 Å². The van der Waals surface area contributed by atoms with Crippen molar-refractivity contribution in [3.8, 4) is 0 Å². The van der Waals surface area contributed by atoms with Crippen LogP contribution in [0.3, 0.4) is 0 Å². The van der Waals surface area contributed by atoms with Gasteiger partial charge in [-0.1, -0.05) is 6.08 Å². The Kier molecular flexibility index (Phi) is 4.65. The van der Waals surface area contributed by atoms with Gasteiger partial charge in [0.2, 0.25) is 5.91 Å². The Morgan fingerprint density at radius 2 is 2.10 bits per heavy atom. The number of methoxy groups -OCH3 is 1. The second kappa shape index (κ2) is 6.45. The summed E-state index contributed by atoms with van der Waals surface area (Å²) in [7, 11) is 1.38. The van der Waals surface area contributed by atoms with Crippen molar-refractivity contribution in [1.82, 2.24) is 15.5 Å². The number of carbonyl (C=O) groups excluding carboxylic acids is 2. The van der Waals surface area contributed by atoms with Gasteiger partial charge < -0.3 is 20.3 Å². The van der Waals surface area contributed by atoms with Crippen LogP contribution < -0.4 is 10.6 Å². The first kappa shape index (κ1) is 14.4. The Hall–Kier alpha value is -1.98. The third kappa shape index (κ3) is 3.53. The minimum atomic E-state index is -0.322. The number of nitrogens with one attached hydrogen (secondary N) is 2. The first-order chi connectivity index (χ1) is 9.60. The number of ether oxygens (including phenoxy) is 1. The lowest BCUT2D eigenvalue weighted by molar-refractivity contribution is -0.135. The molecule has 110 valence electrons. The van der Waals surface area contributed by atoms with Crippen LogP contribution in [-0.4, -0.2) is 49.6 Å². The Morgan fingerprint density at radius 3 is 2.70 bits per heavy atom. The van der Waals surface area contributed by atoms with Gasteiger partial charge in [0.15, 0.2) is 0 Å². The quantitative estimate of drug-likeness (QED) is 0.719. The van der Waals surface area contributed by atoms with E-state index >= 15 is 0 Å². The molecule has 0 bridgehead atoms. The van der Waals surface area contributed by atoms with Crippen LogP contribution in [0, 0.1) is 0 Å². The topological polar surface area (TPSA) is 70.7 Å². The molecule has 0 aromatic rings. The molecule has 2 aliphatic heterocycles. The van der Waals surface area contributed by atoms with Crippen molar-refractivity contribution >= 4 is 11.9 Å². The second-order valence-electron chi connectivity index (χ2n) is 5.01. The van der Waals surface area contributed by atoms with E-state index < -0.39 is 0 Å². The van der Waals surface area contributed by atoms with E-state index in [1.807, 2.05) is 4.90 Å². The number of amides is 1. The Balaban J connectivity index is 1.88. The van der Waals surface area contributed by atoms with Gasteiger partial charge in [-0.2, -0.15) is 0 Å². The molecule has 0 spiro atoms. The molecule has 0 atom stereocenters. The molecule has 2 heterocycles.